The SMILES string of the molecule is Cc1cc(C(=O)O)ccc1-c1ccc(C=C2NC(=O)NC2=O)o1. The first-order chi connectivity index (χ1) is 10.9. The van der Waals surface area contributed by atoms with Crippen molar-refractivity contribution >= 4 is 24.0 Å². The molecule has 3 N–H and O–H groups in total. The Balaban J connectivity index is 1.91. The number of rotatable bonds is 3. The Morgan fingerprint density at radius 2 is 1.96 bits per heavy atom. The van der Waals surface area contributed by atoms with Crippen LogP contribution in [0.3, 0.4) is 0 Å². The number of hydrogen-bond donors (Lipinski definition) is 3. The summed E-state index contributed by atoms with van der Waals surface area (Å²) in [5, 5.41) is 13.4. The van der Waals surface area contributed by atoms with Crippen LogP contribution < -0.4 is 10.6 Å². The molecule has 1 aliphatic heterocycles. The molecule has 7 heteroatoms. The molecule has 7 nitrogen and oxygen atoms in total. The van der Waals surface area contributed by atoms with Crippen LogP contribution in [0.15, 0.2) is 40.4 Å². The van der Waals surface area contributed by atoms with Crippen molar-refractivity contribution in [2.45, 2.75) is 6.92 Å². The highest BCUT2D eigenvalue weighted by Crippen LogP contribution is 2.27. The molecule has 1 saturated heterocycles. The van der Waals surface area contributed by atoms with Crippen molar-refractivity contribution in [1.82, 2.24) is 10.6 Å². The van der Waals surface area contributed by atoms with Crippen molar-refractivity contribution in [3.63, 3.8) is 0 Å². The number of nitrogens with one attached hydrogen (secondary N) is 2. The maximum absolute atomic E-state index is 11.5. The van der Waals surface area contributed by atoms with Gasteiger partial charge in [0.15, 0.2) is 0 Å². The van der Waals surface area contributed by atoms with E-state index in [2.05, 4.69) is 10.6 Å². The number of carboxylic acid groups (broad SMARTS) is 1. The summed E-state index contributed by atoms with van der Waals surface area (Å²) in [4.78, 5) is 33.5. The molecule has 1 aromatic heterocycles. The number of carboxylic acids is 1. The highest BCUT2D eigenvalue weighted by Gasteiger charge is 2.23. The van der Waals surface area contributed by atoms with E-state index in [4.69, 9.17) is 9.52 Å². The van der Waals surface area contributed by atoms with Gasteiger partial charge in [0.2, 0.25) is 0 Å². The number of aromatic carboxylic acids is 1. The Bertz CT molecular complexity index is 863. The van der Waals surface area contributed by atoms with E-state index in [1.807, 2.05) is 0 Å². The van der Waals surface area contributed by atoms with E-state index in [1.54, 1.807) is 31.2 Å². The zero-order valence-corrected chi connectivity index (χ0v) is 12.0. The third-order valence-corrected chi connectivity index (χ3v) is 3.37. The molecule has 3 rings (SSSR count). The molecule has 0 aliphatic carbocycles. The van der Waals surface area contributed by atoms with Crippen LogP contribution in [0.5, 0.6) is 0 Å². The first-order valence-electron chi connectivity index (χ1n) is 6.72. The standard InChI is InChI=1S/C16H12N2O5/c1-8-6-9(15(20)21)2-4-11(8)13-5-3-10(23-13)7-12-14(19)18-16(22)17-12/h2-7H,1H3,(H,20,21)(H2,17,18,19,22). The van der Waals surface area contributed by atoms with Crippen LogP contribution >= 0.6 is 0 Å². The normalized spacial score (nSPS) is 15.6. The Labute approximate surface area is 130 Å². The maximum atomic E-state index is 11.5. The molecule has 0 bridgehead atoms. The molecule has 0 saturated carbocycles. The predicted octanol–water partition coefficient (Wildman–Crippen LogP) is 2.13. The van der Waals surface area contributed by atoms with E-state index in [0.717, 1.165) is 11.1 Å². The predicted molar refractivity (Wildman–Crippen MR) is 80.5 cm³/mol. The molecule has 1 aromatic carbocycles. The molecule has 0 atom stereocenters. The van der Waals surface area contributed by atoms with Crippen LogP contribution in [0.1, 0.15) is 21.7 Å². The summed E-state index contributed by atoms with van der Waals surface area (Å²) in [6.07, 6.45) is 1.42. The van der Waals surface area contributed by atoms with E-state index in [9.17, 15) is 14.4 Å². The van der Waals surface area contributed by atoms with Gasteiger partial charge in [-0.3, -0.25) is 10.1 Å². The molecule has 23 heavy (non-hydrogen) atoms. The van der Waals surface area contributed by atoms with Crippen LogP contribution in [0.4, 0.5) is 4.79 Å². The number of furan rings is 1. The van der Waals surface area contributed by atoms with Gasteiger partial charge in [0.25, 0.3) is 5.91 Å². The number of carbonyl (C=O) groups is 3. The average molecular weight is 312 g/mol. The van der Waals surface area contributed by atoms with Crippen LogP contribution in [0.2, 0.25) is 0 Å². The second kappa shape index (κ2) is 5.45. The second-order valence-corrected chi connectivity index (χ2v) is 5.00. The van der Waals surface area contributed by atoms with E-state index in [1.165, 1.54) is 12.1 Å². The average Bonchev–Trinajstić information content (AvgIpc) is 3.06. The van der Waals surface area contributed by atoms with Gasteiger partial charge in [-0.05, 0) is 36.8 Å². The summed E-state index contributed by atoms with van der Waals surface area (Å²) in [5.41, 5.74) is 1.81. The van der Waals surface area contributed by atoms with Crippen LogP contribution in [-0.2, 0) is 4.79 Å². The van der Waals surface area contributed by atoms with Gasteiger partial charge >= 0.3 is 12.0 Å². The van der Waals surface area contributed by atoms with Gasteiger partial charge in [-0.1, -0.05) is 6.07 Å². The molecule has 2 aromatic rings. The van der Waals surface area contributed by atoms with Gasteiger partial charge in [0, 0.05) is 11.6 Å². The molecule has 3 amide bonds. The van der Waals surface area contributed by atoms with Crippen molar-refractivity contribution < 1.29 is 23.9 Å². The van der Waals surface area contributed by atoms with E-state index in [-0.39, 0.29) is 11.3 Å². The summed E-state index contributed by atoms with van der Waals surface area (Å²) in [5.74, 6) is -0.576. The van der Waals surface area contributed by atoms with E-state index in [0.29, 0.717) is 11.5 Å². The Kier molecular flexibility index (Phi) is 3.46. The Hall–Kier alpha value is -3.35. The van der Waals surface area contributed by atoms with Gasteiger partial charge in [-0.2, -0.15) is 0 Å². The quantitative estimate of drug-likeness (QED) is 0.594. The molecule has 1 fully saturated rings. The first-order valence-corrected chi connectivity index (χ1v) is 6.72. The lowest BCUT2D eigenvalue weighted by Gasteiger charge is -2.04. The largest absolute Gasteiger partial charge is 0.478 e. The molecule has 0 radical (unpaired) electrons. The lowest BCUT2D eigenvalue weighted by Crippen LogP contribution is -2.22. The molecular weight excluding hydrogens is 300 g/mol. The molecule has 2 heterocycles. The summed E-state index contributed by atoms with van der Waals surface area (Å²) in [6, 6.07) is 7.51. The number of hydrogen-bond acceptors (Lipinski definition) is 4. The topological polar surface area (TPSA) is 109 Å². The summed E-state index contributed by atoms with van der Waals surface area (Å²) in [6.45, 7) is 1.78. The minimum Gasteiger partial charge on any atom is -0.478 e. The molecule has 0 spiro atoms. The van der Waals surface area contributed by atoms with Crippen molar-refractivity contribution in [2.24, 2.45) is 0 Å². The van der Waals surface area contributed by atoms with Gasteiger partial charge in [0.05, 0.1) is 5.56 Å². The van der Waals surface area contributed by atoms with Crippen LogP contribution in [0.25, 0.3) is 17.4 Å². The third kappa shape index (κ3) is 2.84. The van der Waals surface area contributed by atoms with Crippen molar-refractivity contribution in [2.75, 3.05) is 0 Å². The number of imide groups is 1. The van der Waals surface area contributed by atoms with Gasteiger partial charge in [-0.15, -0.1) is 0 Å². The summed E-state index contributed by atoms with van der Waals surface area (Å²) < 4.78 is 5.64. The zero-order chi connectivity index (χ0) is 16.6. The fourth-order valence-corrected chi connectivity index (χ4v) is 2.27. The Morgan fingerprint density at radius 1 is 1.17 bits per heavy atom. The van der Waals surface area contributed by atoms with Crippen LogP contribution in [-0.4, -0.2) is 23.0 Å². The fourth-order valence-electron chi connectivity index (χ4n) is 2.27. The monoisotopic (exact) mass is 312 g/mol. The zero-order valence-electron chi connectivity index (χ0n) is 12.0. The molecule has 116 valence electrons. The van der Waals surface area contributed by atoms with Crippen LogP contribution in [0, 0.1) is 6.92 Å². The summed E-state index contributed by atoms with van der Waals surface area (Å²) >= 11 is 0. The van der Waals surface area contributed by atoms with Crippen molar-refractivity contribution in [1.29, 1.82) is 0 Å². The maximum Gasteiger partial charge on any atom is 0.335 e. The molecule has 1 aliphatic rings. The molecular formula is C16H12N2O5. The third-order valence-electron chi connectivity index (χ3n) is 3.37. The summed E-state index contributed by atoms with van der Waals surface area (Å²) in [7, 11) is 0. The fraction of sp³-hybridized carbons (Fsp3) is 0.0625. The smallest absolute Gasteiger partial charge is 0.335 e. The van der Waals surface area contributed by atoms with Gasteiger partial charge in [0.1, 0.15) is 17.2 Å². The lowest BCUT2D eigenvalue weighted by atomic mass is 10.0. The first kappa shape index (κ1) is 14.6. The number of aryl methyl sites for hydroxylation is 1. The highest BCUT2D eigenvalue weighted by molar-refractivity contribution is 6.13. The number of benzene rings is 1. The van der Waals surface area contributed by atoms with Gasteiger partial charge in [-0.25, -0.2) is 9.59 Å². The lowest BCUT2D eigenvalue weighted by molar-refractivity contribution is -0.115. The second-order valence-electron chi connectivity index (χ2n) is 5.00. The number of carbonyl (C=O) groups excluding carboxylic acids is 2. The van der Waals surface area contributed by atoms with Crippen molar-refractivity contribution in [3.05, 3.63) is 52.9 Å². The number of urea groups is 1. The van der Waals surface area contributed by atoms with E-state index < -0.39 is 17.9 Å². The highest BCUT2D eigenvalue weighted by atomic mass is 16.4. The number of amides is 3. The van der Waals surface area contributed by atoms with E-state index >= 15 is 0 Å². The minimum absolute atomic E-state index is 0.105. The Morgan fingerprint density at radius 3 is 2.57 bits per heavy atom. The van der Waals surface area contributed by atoms with Gasteiger partial charge < -0.3 is 14.8 Å². The minimum atomic E-state index is -0.993. The molecule has 0 unspecified atom stereocenters. The van der Waals surface area contributed by atoms with Crippen molar-refractivity contribution in [3.8, 4) is 11.3 Å².